The number of rotatable bonds is 4. The summed E-state index contributed by atoms with van der Waals surface area (Å²) in [5.41, 5.74) is 0. The molecule has 2 unspecified atom stereocenters. The fraction of sp³-hybridized carbons (Fsp3) is 1.00. The molecule has 0 aromatic heterocycles. The lowest BCUT2D eigenvalue weighted by Gasteiger charge is -2.25. The smallest absolute Gasteiger partial charge is 0.314 e. The molecule has 0 aliphatic carbocycles. The minimum atomic E-state index is -5.48. The third-order valence-corrected chi connectivity index (χ3v) is 1.49. The maximum absolute atomic E-state index is 12.4. The van der Waals surface area contributed by atoms with Crippen LogP contribution in [0, 0.1) is 0 Å². The first-order valence-electron chi connectivity index (χ1n) is 4.08. The summed E-state index contributed by atoms with van der Waals surface area (Å²) in [6, 6.07) is 0. The highest BCUT2D eigenvalue weighted by Gasteiger charge is 2.50. The minimum Gasteiger partial charge on any atom is -0.314 e. The molecule has 1 nitrogen and oxygen atoms in total. The van der Waals surface area contributed by atoms with E-state index in [0.29, 0.717) is 0 Å². The van der Waals surface area contributed by atoms with Crippen LogP contribution < -0.4 is 0 Å². The van der Waals surface area contributed by atoms with E-state index in [9.17, 15) is 39.5 Å². The van der Waals surface area contributed by atoms with Crippen LogP contribution >= 0.6 is 0 Å². The van der Waals surface area contributed by atoms with Gasteiger partial charge in [-0.05, 0) is 6.92 Å². The Labute approximate surface area is 89.5 Å². The third kappa shape index (κ3) is 6.59. The highest BCUT2D eigenvalue weighted by Crippen LogP contribution is 2.35. The number of ether oxygens (including phenoxy) is 1. The highest BCUT2D eigenvalue weighted by atomic mass is 19.4. The van der Waals surface area contributed by atoms with Crippen LogP contribution in [0.25, 0.3) is 0 Å². The van der Waals surface area contributed by atoms with Crippen molar-refractivity contribution in [2.45, 2.75) is 44.1 Å². The van der Waals surface area contributed by atoms with Gasteiger partial charge in [0.15, 0.2) is 0 Å². The average Bonchev–Trinajstić information content (AvgIpc) is 1.94. The molecule has 0 radical (unpaired) electrons. The van der Waals surface area contributed by atoms with Crippen LogP contribution in [0.4, 0.5) is 39.5 Å². The average molecular weight is 278 g/mol. The van der Waals surface area contributed by atoms with Gasteiger partial charge in [0, 0.05) is 0 Å². The molecule has 0 saturated carbocycles. The molecular weight excluding hydrogens is 271 g/mol. The molecule has 0 rings (SSSR count). The van der Waals surface area contributed by atoms with E-state index < -0.39 is 37.2 Å². The molecule has 0 fully saturated rings. The molecule has 0 N–H and O–H groups in total. The summed E-state index contributed by atoms with van der Waals surface area (Å²) in [5, 5.41) is 0. The number of hydrogen-bond acceptors (Lipinski definition) is 1. The van der Waals surface area contributed by atoms with Crippen LogP contribution in [-0.4, -0.2) is 30.7 Å². The zero-order chi connectivity index (χ0) is 14.1. The minimum absolute atomic E-state index is 0.266. The van der Waals surface area contributed by atoms with E-state index in [-0.39, 0.29) is 6.92 Å². The third-order valence-electron chi connectivity index (χ3n) is 1.49. The molecule has 10 heteroatoms. The summed E-state index contributed by atoms with van der Waals surface area (Å²) in [6.07, 6.45) is -25.0. The van der Waals surface area contributed by atoms with Gasteiger partial charge in [0.25, 0.3) is 0 Å². The molecule has 0 spiro atoms. The summed E-state index contributed by atoms with van der Waals surface area (Å²) in [5.74, 6) is 0. The first kappa shape index (κ1) is 16.3. The standard InChI is InChI=1S/C7H7F9O/c1-3(4(8)7(14,15)16)17-6(12,13)2-5(9,10)11/h3-4H,2H2,1H3. The van der Waals surface area contributed by atoms with Crippen molar-refractivity contribution in [3.8, 4) is 0 Å². The monoisotopic (exact) mass is 278 g/mol. The molecule has 0 saturated heterocycles. The fourth-order valence-electron chi connectivity index (χ4n) is 0.873. The van der Waals surface area contributed by atoms with Gasteiger partial charge in [0.2, 0.25) is 6.17 Å². The quantitative estimate of drug-likeness (QED) is 0.710. The van der Waals surface area contributed by atoms with E-state index in [1.165, 1.54) is 0 Å². The van der Waals surface area contributed by atoms with Gasteiger partial charge in [-0.15, -0.1) is 0 Å². The molecule has 0 aromatic rings. The fourth-order valence-corrected chi connectivity index (χ4v) is 0.873. The molecule has 0 aliphatic heterocycles. The van der Waals surface area contributed by atoms with Gasteiger partial charge in [-0.2, -0.15) is 35.1 Å². The van der Waals surface area contributed by atoms with Crippen LogP contribution in [0.15, 0.2) is 0 Å². The maximum Gasteiger partial charge on any atom is 0.422 e. The van der Waals surface area contributed by atoms with Gasteiger partial charge >= 0.3 is 18.5 Å². The maximum atomic E-state index is 12.4. The van der Waals surface area contributed by atoms with Crippen molar-refractivity contribution in [3.63, 3.8) is 0 Å². The van der Waals surface area contributed by atoms with Crippen molar-refractivity contribution in [2.24, 2.45) is 0 Å². The Hall–Kier alpha value is -0.670. The van der Waals surface area contributed by atoms with Gasteiger partial charge in [-0.1, -0.05) is 0 Å². The van der Waals surface area contributed by atoms with Gasteiger partial charge in [0.1, 0.15) is 12.5 Å². The van der Waals surface area contributed by atoms with Crippen LogP contribution in [0.3, 0.4) is 0 Å². The summed E-state index contributed by atoms with van der Waals surface area (Å²) < 4.78 is 110. The molecular formula is C7H7F9O. The lowest BCUT2D eigenvalue weighted by Crippen LogP contribution is -2.41. The van der Waals surface area contributed by atoms with Crippen molar-refractivity contribution >= 4 is 0 Å². The molecule has 0 heterocycles. The van der Waals surface area contributed by atoms with E-state index >= 15 is 0 Å². The Bertz CT molecular complexity index is 243. The van der Waals surface area contributed by atoms with Crippen molar-refractivity contribution in [1.82, 2.24) is 0 Å². The predicted molar refractivity (Wildman–Crippen MR) is 37.1 cm³/mol. The van der Waals surface area contributed by atoms with Crippen LogP contribution in [0.1, 0.15) is 13.3 Å². The first-order valence-corrected chi connectivity index (χ1v) is 4.08. The molecule has 0 amide bonds. The Morgan fingerprint density at radius 1 is 0.941 bits per heavy atom. The molecule has 2 atom stereocenters. The zero-order valence-electron chi connectivity index (χ0n) is 8.17. The normalized spacial score (nSPS) is 18.0. The second kappa shape index (κ2) is 4.91. The zero-order valence-corrected chi connectivity index (χ0v) is 8.17. The number of alkyl halides is 9. The van der Waals surface area contributed by atoms with Crippen LogP contribution in [-0.2, 0) is 4.74 Å². The Morgan fingerprint density at radius 2 is 1.35 bits per heavy atom. The summed E-state index contributed by atoms with van der Waals surface area (Å²) in [4.78, 5) is 0. The van der Waals surface area contributed by atoms with Gasteiger partial charge in [-0.3, -0.25) is 0 Å². The topological polar surface area (TPSA) is 9.23 Å². The van der Waals surface area contributed by atoms with Gasteiger partial charge in [-0.25, -0.2) is 4.39 Å². The summed E-state index contributed by atoms with van der Waals surface area (Å²) in [7, 11) is 0. The molecule has 17 heavy (non-hydrogen) atoms. The van der Waals surface area contributed by atoms with E-state index in [4.69, 9.17) is 0 Å². The van der Waals surface area contributed by atoms with Crippen molar-refractivity contribution in [1.29, 1.82) is 0 Å². The summed E-state index contributed by atoms with van der Waals surface area (Å²) >= 11 is 0. The van der Waals surface area contributed by atoms with Crippen LogP contribution in [0.2, 0.25) is 0 Å². The van der Waals surface area contributed by atoms with E-state index in [1.807, 2.05) is 0 Å². The Balaban J connectivity index is 4.52. The van der Waals surface area contributed by atoms with Crippen molar-refractivity contribution < 1.29 is 44.3 Å². The Morgan fingerprint density at radius 3 is 1.65 bits per heavy atom. The number of halogens is 9. The Kier molecular flexibility index (Phi) is 4.71. The van der Waals surface area contributed by atoms with E-state index in [1.54, 1.807) is 0 Å². The van der Waals surface area contributed by atoms with Crippen LogP contribution in [0.5, 0.6) is 0 Å². The molecule has 0 bridgehead atoms. The van der Waals surface area contributed by atoms with Gasteiger partial charge in [0.05, 0.1) is 0 Å². The first-order chi connectivity index (χ1) is 7.25. The predicted octanol–water partition coefficient (Wildman–Crippen LogP) is 3.84. The number of hydrogen-bond donors (Lipinski definition) is 0. The second-order valence-corrected chi connectivity index (χ2v) is 3.20. The lowest BCUT2D eigenvalue weighted by atomic mass is 10.2. The highest BCUT2D eigenvalue weighted by molar-refractivity contribution is 4.75. The molecule has 0 aliphatic rings. The van der Waals surface area contributed by atoms with E-state index in [2.05, 4.69) is 4.74 Å². The lowest BCUT2D eigenvalue weighted by molar-refractivity contribution is -0.325. The largest absolute Gasteiger partial charge is 0.422 e. The van der Waals surface area contributed by atoms with E-state index in [0.717, 1.165) is 0 Å². The SMILES string of the molecule is CC(OC(F)(F)CC(F)(F)F)C(F)C(F)(F)F. The molecule has 0 aromatic carbocycles. The molecule has 104 valence electrons. The summed E-state index contributed by atoms with van der Waals surface area (Å²) in [6.45, 7) is 0.266. The second-order valence-electron chi connectivity index (χ2n) is 3.20. The van der Waals surface area contributed by atoms with Gasteiger partial charge < -0.3 is 4.74 Å². The van der Waals surface area contributed by atoms with Crippen molar-refractivity contribution in [3.05, 3.63) is 0 Å². The van der Waals surface area contributed by atoms with Crippen molar-refractivity contribution in [2.75, 3.05) is 0 Å².